The molecule has 0 atom stereocenters. The number of hydrogen-bond acceptors (Lipinski definition) is 4. The van der Waals surface area contributed by atoms with Gasteiger partial charge in [0.15, 0.2) is 10.8 Å². The van der Waals surface area contributed by atoms with Crippen molar-refractivity contribution >= 4 is 28.8 Å². The fourth-order valence-electron chi connectivity index (χ4n) is 1.46. The molecule has 0 aromatic carbocycles. The molecule has 0 bridgehead atoms. The highest BCUT2D eigenvalue weighted by atomic mass is 35.5. The Hall–Kier alpha value is -1.46. The van der Waals surface area contributed by atoms with Gasteiger partial charge in [-0.25, -0.2) is 0 Å². The fourth-order valence-corrected chi connectivity index (χ4v) is 2.26. The van der Waals surface area contributed by atoms with Crippen LogP contribution in [-0.4, -0.2) is 34.6 Å². The minimum absolute atomic E-state index is 0.143. The molecule has 2 aromatic rings. The van der Waals surface area contributed by atoms with Crippen LogP contribution in [0.15, 0.2) is 29.6 Å². The van der Waals surface area contributed by atoms with Crippen molar-refractivity contribution in [3.63, 3.8) is 0 Å². The minimum atomic E-state index is -0.143. The lowest BCUT2D eigenvalue weighted by Gasteiger charge is -2.15. The zero-order chi connectivity index (χ0) is 13.0. The molecule has 6 heteroatoms. The Balaban J connectivity index is 1.94. The van der Waals surface area contributed by atoms with E-state index >= 15 is 0 Å². The molecule has 0 aliphatic carbocycles. The van der Waals surface area contributed by atoms with Crippen LogP contribution in [0.4, 0.5) is 0 Å². The molecule has 0 saturated carbocycles. The number of carbonyl (C=O) groups excluding carboxylic acids is 1. The van der Waals surface area contributed by atoms with Crippen molar-refractivity contribution in [1.29, 1.82) is 0 Å². The highest BCUT2D eigenvalue weighted by Gasteiger charge is 2.13. The van der Waals surface area contributed by atoms with Crippen molar-refractivity contribution in [2.45, 2.75) is 6.42 Å². The van der Waals surface area contributed by atoms with Gasteiger partial charge < -0.3 is 4.90 Å². The summed E-state index contributed by atoms with van der Waals surface area (Å²) in [5.74, 6) is -0.143. The number of likely N-dealkylation sites (N-methyl/N-ethyl adjacent to an activating group) is 1. The van der Waals surface area contributed by atoms with Gasteiger partial charge in [0.1, 0.15) is 0 Å². The highest BCUT2D eigenvalue weighted by molar-refractivity contribution is 7.09. The lowest BCUT2D eigenvalue weighted by Crippen LogP contribution is -2.29. The van der Waals surface area contributed by atoms with Gasteiger partial charge in [-0.15, -0.1) is 21.5 Å². The van der Waals surface area contributed by atoms with E-state index in [-0.39, 0.29) is 11.1 Å². The average Bonchev–Trinajstić information content (AvgIpc) is 2.89. The number of halogens is 1. The Bertz CT molecular complexity index is 513. The monoisotopic (exact) mass is 281 g/mol. The maximum absolute atomic E-state index is 12.0. The van der Waals surface area contributed by atoms with E-state index in [1.165, 1.54) is 4.88 Å². The van der Waals surface area contributed by atoms with Gasteiger partial charge in [-0.05, 0) is 30.0 Å². The van der Waals surface area contributed by atoms with Crippen molar-refractivity contribution in [2.75, 3.05) is 13.6 Å². The third-order valence-corrected chi connectivity index (χ3v) is 3.61. The number of rotatable bonds is 4. The summed E-state index contributed by atoms with van der Waals surface area (Å²) in [5.41, 5.74) is 0.313. The highest BCUT2D eigenvalue weighted by Crippen LogP contribution is 2.10. The van der Waals surface area contributed by atoms with E-state index in [9.17, 15) is 4.79 Å². The molecule has 0 fully saturated rings. The number of hydrogen-bond donors (Lipinski definition) is 0. The summed E-state index contributed by atoms with van der Waals surface area (Å²) in [5, 5.41) is 9.75. The van der Waals surface area contributed by atoms with Gasteiger partial charge >= 0.3 is 0 Å². The Kier molecular flexibility index (Phi) is 4.28. The quantitative estimate of drug-likeness (QED) is 0.865. The number of amides is 1. The Morgan fingerprint density at radius 2 is 2.22 bits per heavy atom. The van der Waals surface area contributed by atoms with Crippen LogP contribution in [0.1, 0.15) is 15.4 Å². The van der Waals surface area contributed by atoms with Gasteiger partial charge in [-0.2, -0.15) is 0 Å². The average molecular weight is 282 g/mol. The second-order valence-corrected chi connectivity index (χ2v) is 5.22. The summed E-state index contributed by atoms with van der Waals surface area (Å²) in [6.45, 7) is 0.656. The predicted octanol–water partition coefficient (Wildman–Crippen LogP) is 2.51. The first-order valence-electron chi connectivity index (χ1n) is 5.44. The van der Waals surface area contributed by atoms with Crippen LogP contribution in [0.5, 0.6) is 0 Å². The molecule has 94 valence electrons. The zero-order valence-electron chi connectivity index (χ0n) is 9.84. The van der Waals surface area contributed by atoms with Crippen LogP contribution in [-0.2, 0) is 6.42 Å². The fraction of sp³-hybridized carbons (Fsp3) is 0.250. The third kappa shape index (κ3) is 3.27. The molecule has 2 aromatic heterocycles. The standard InChI is InChI=1S/C12H12ClN3OS/c1-16(7-6-9-3-2-8-18-9)12(17)10-4-5-11(13)15-14-10/h2-5,8H,6-7H2,1H3. The maximum atomic E-state index is 12.0. The Morgan fingerprint density at radius 1 is 1.39 bits per heavy atom. The van der Waals surface area contributed by atoms with Gasteiger partial charge in [0.2, 0.25) is 0 Å². The first kappa shape index (κ1) is 13.0. The SMILES string of the molecule is CN(CCc1cccs1)C(=O)c1ccc(Cl)nn1. The molecule has 0 saturated heterocycles. The maximum Gasteiger partial charge on any atom is 0.274 e. The van der Waals surface area contributed by atoms with Crippen molar-refractivity contribution in [1.82, 2.24) is 15.1 Å². The van der Waals surface area contributed by atoms with Gasteiger partial charge in [-0.1, -0.05) is 17.7 Å². The smallest absolute Gasteiger partial charge is 0.274 e. The van der Waals surface area contributed by atoms with Crippen molar-refractivity contribution in [3.05, 3.63) is 45.4 Å². The summed E-state index contributed by atoms with van der Waals surface area (Å²) in [6.07, 6.45) is 0.848. The molecular weight excluding hydrogens is 270 g/mol. The predicted molar refractivity (Wildman–Crippen MR) is 72.0 cm³/mol. The molecule has 4 nitrogen and oxygen atoms in total. The van der Waals surface area contributed by atoms with Gasteiger partial charge in [0, 0.05) is 18.5 Å². The van der Waals surface area contributed by atoms with Crippen LogP contribution >= 0.6 is 22.9 Å². The molecule has 0 aliphatic heterocycles. The van der Waals surface area contributed by atoms with Gasteiger partial charge in [0.05, 0.1) is 0 Å². The van der Waals surface area contributed by atoms with Gasteiger partial charge in [-0.3, -0.25) is 4.79 Å². The molecule has 2 heterocycles. The molecular formula is C12H12ClN3OS. The molecule has 0 unspecified atom stereocenters. The minimum Gasteiger partial charge on any atom is -0.340 e. The molecule has 0 aliphatic rings. The second-order valence-electron chi connectivity index (χ2n) is 3.80. The molecule has 0 radical (unpaired) electrons. The zero-order valence-corrected chi connectivity index (χ0v) is 11.4. The molecule has 1 amide bonds. The van der Waals surface area contributed by atoms with E-state index in [2.05, 4.69) is 16.3 Å². The van der Waals surface area contributed by atoms with E-state index in [1.54, 1.807) is 35.4 Å². The van der Waals surface area contributed by atoms with Crippen LogP contribution in [0.25, 0.3) is 0 Å². The van der Waals surface area contributed by atoms with Crippen LogP contribution in [0, 0.1) is 0 Å². The lowest BCUT2D eigenvalue weighted by molar-refractivity contribution is 0.0790. The van der Waals surface area contributed by atoms with Crippen molar-refractivity contribution < 1.29 is 4.79 Å². The van der Waals surface area contributed by atoms with E-state index in [0.29, 0.717) is 12.2 Å². The van der Waals surface area contributed by atoms with E-state index < -0.39 is 0 Å². The van der Waals surface area contributed by atoms with Gasteiger partial charge in [0.25, 0.3) is 5.91 Å². The molecule has 2 rings (SSSR count). The second kappa shape index (κ2) is 5.93. The summed E-state index contributed by atoms with van der Waals surface area (Å²) in [7, 11) is 1.76. The summed E-state index contributed by atoms with van der Waals surface area (Å²) in [4.78, 5) is 14.9. The summed E-state index contributed by atoms with van der Waals surface area (Å²) < 4.78 is 0. The molecule has 0 N–H and O–H groups in total. The van der Waals surface area contributed by atoms with Crippen molar-refractivity contribution in [2.24, 2.45) is 0 Å². The summed E-state index contributed by atoms with van der Waals surface area (Å²) in [6, 6.07) is 7.21. The first-order chi connectivity index (χ1) is 8.66. The molecule has 18 heavy (non-hydrogen) atoms. The number of carbonyl (C=O) groups is 1. The first-order valence-corrected chi connectivity index (χ1v) is 6.69. The number of thiophene rings is 1. The number of nitrogens with zero attached hydrogens (tertiary/aromatic N) is 3. The topological polar surface area (TPSA) is 46.1 Å². The summed E-state index contributed by atoms with van der Waals surface area (Å²) >= 11 is 7.32. The lowest BCUT2D eigenvalue weighted by atomic mass is 10.3. The Morgan fingerprint density at radius 3 is 2.83 bits per heavy atom. The van der Waals surface area contributed by atoms with Crippen LogP contribution in [0.2, 0.25) is 5.15 Å². The van der Waals surface area contributed by atoms with Crippen LogP contribution < -0.4 is 0 Å². The van der Waals surface area contributed by atoms with Crippen molar-refractivity contribution in [3.8, 4) is 0 Å². The van der Waals surface area contributed by atoms with E-state index in [1.807, 2.05) is 11.4 Å². The third-order valence-electron chi connectivity index (χ3n) is 2.47. The Labute approximate surface area is 114 Å². The van der Waals surface area contributed by atoms with E-state index in [4.69, 9.17) is 11.6 Å². The number of aromatic nitrogens is 2. The van der Waals surface area contributed by atoms with E-state index in [0.717, 1.165) is 6.42 Å². The largest absolute Gasteiger partial charge is 0.340 e. The van der Waals surface area contributed by atoms with Crippen LogP contribution in [0.3, 0.4) is 0 Å². The normalized spacial score (nSPS) is 10.3. The molecule has 0 spiro atoms.